The van der Waals surface area contributed by atoms with Crippen LogP contribution in [0.1, 0.15) is 46.0 Å². The summed E-state index contributed by atoms with van der Waals surface area (Å²) in [6.45, 7) is 5.72. The van der Waals surface area contributed by atoms with Crippen molar-refractivity contribution in [3.8, 4) is 12.3 Å². The molecular weight excluding hydrogens is 170 g/mol. The lowest BCUT2D eigenvalue weighted by molar-refractivity contribution is 0.328. The van der Waals surface area contributed by atoms with Crippen LogP contribution in [0, 0.1) is 24.2 Å². The molecule has 2 unspecified atom stereocenters. The Hall–Kier alpha value is -0.480. The van der Waals surface area contributed by atoms with E-state index in [0.29, 0.717) is 6.04 Å². The Morgan fingerprint density at radius 1 is 1.50 bits per heavy atom. The molecule has 80 valence electrons. The first-order chi connectivity index (χ1) is 6.79. The molecule has 0 bridgehead atoms. The van der Waals surface area contributed by atoms with Crippen molar-refractivity contribution in [2.24, 2.45) is 11.8 Å². The first kappa shape index (κ1) is 11.6. The zero-order chi connectivity index (χ0) is 10.4. The van der Waals surface area contributed by atoms with Gasteiger partial charge in [-0.05, 0) is 44.1 Å². The molecule has 0 aromatic heterocycles. The molecule has 0 radical (unpaired) electrons. The van der Waals surface area contributed by atoms with E-state index in [9.17, 15) is 0 Å². The van der Waals surface area contributed by atoms with Crippen molar-refractivity contribution in [2.45, 2.75) is 52.0 Å². The lowest BCUT2D eigenvalue weighted by atomic mass is 9.93. The highest BCUT2D eigenvalue weighted by Gasteiger charge is 2.32. The van der Waals surface area contributed by atoms with Gasteiger partial charge in [0, 0.05) is 12.5 Å². The van der Waals surface area contributed by atoms with Crippen molar-refractivity contribution in [1.82, 2.24) is 5.32 Å². The highest BCUT2D eigenvalue weighted by Crippen LogP contribution is 2.38. The monoisotopic (exact) mass is 193 g/mol. The topological polar surface area (TPSA) is 12.0 Å². The van der Waals surface area contributed by atoms with Crippen molar-refractivity contribution in [2.75, 3.05) is 6.54 Å². The van der Waals surface area contributed by atoms with Crippen LogP contribution in [-0.4, -0.2) is 12.6 Å². The second-order valence-electron chi connectivity index (χ2n) is 4.50. The van der Waals surface area contributed by atoms with Crippen LogP contribution in [0.5, 0.6) is 0 Å². The fraction of sp³-hybridized carbons (Fsp3) is 0.846. The van der Waals surface area contributed by atoms with Crippen LogP contribution >= 0.6 is 0 Å². The maximum atomic E-state index is 5.32. The molecule has 0 aromatic rings. The molecule has 1 saturated carbocycles. The first-order valence-electron chi connectivity index (χ1n) is 5.96. The summed E-state index contributed by atoms with van der Waals surface area (Å²) in [5.74, 6) is 4.54. The molecule has 1 aliphatic rings. The fourth-order valence-corrected chi connectivity index (χ4v) is 2.07. The van der Waals surface area contributed by atoms with E-state index in [2.05, 4.69) is 25.1 Å². The van der Waals surface area contributed by atoms with E-state index in [1.165, 1.54) is 19.3 Å². The molecule has 14 heavy (non-hydrogen) atoms. The van der Waals surface area contributed by atoms with Gasteiger partial charge in [0.15, 0.2) is 0 Å². The molecule has 1 fully saturated rings. The maximum Gasteiger partial charge on any atom is 0.0104 e. The van der Waals surface area contributed by atoms with Crippen LogP contribution in [0.15, 0.2) is 0 Å². The van der Waals surface area contributed by atoms with E-state index in [-0.39, 0.29) is 0 Å². The minimum absolute atomic E-state index is 0.651. The minimum atomic E-state index is 0.651. The van der Waals surface area contributed by atoms with E-state index >= 15 is 0 Å². The average molecular weight is 193 g/mol. The van der Waals surface area contributed by atoms with Crippen LogP contribution in [0.3, 0.4) is 0 Å². The second kappa shape index (κ2) is 6.09. The van der Waals surface area contributed by atoms with Crippen molar-refractivity contribution in [1.29, 1.82) is 0 Å². The Morgan fingerprint density at radius 3 is 2.71 bits per heavy atom. The van der Waals surface area contributed by atoms with Gasteiger partial charge in [-0.15, -0.1) is 12.3 Å². The van der Waals surface area contributed by atoms with E-state index in [1.54, 1.807) is 0 Å². The molecule has 1 N–H and O–H groups in total. The van der Waals surface area contributed by atoms with Crippen molar-refractivity contribution < 1.29 is 0 Å². The van der Waals surface area contributed by atoms with Gasteiger partial charge < -0.3 is 5.32 Å². The Balaban J connectivity index is 2.30. The summed E-state index contributed by atoms with van der Waals surface area (Å²) < 4.78 is 0. The average Bonchev–Trinajstić information content (AvgIpc) is 3.00. The lowest BCUT2D eigenvalue weighted by Crippen LogP contribution is -2.36. The summed E-state index contributed by atoms with van der Waals surface area (Å²) in [4.78, 5) is 0. The van der Waals surface area contributed by atoms with E-state index < -0.39 is 0 Å². The molecular formula is C13H23N. The predicted molar refractivity (Wildman–Crippen MR) is 62.0 cm³/mol. The summed E-state index contributed by atoms with van der Waals surface area (Å²) in [6.07, 6.45) is 11.5. The number of rotatable bonds is 7. The largest absolute Gasteiger partial charge is 0.314 e. The molecule has 1 rings (SSSR count). The normalized spacial score (nSPS) is 20.1. The Kier molecular flexibility index (Phi) is 5.04. The van der Waals surface area contributed by atoms with Crippen molar-refractivity contribution >= 4 is 0 Å². The molecule has 1 heteroatoms. The van der Waals surface area contributed by atoms with E-state index in [1.807, 2.05) is 0 Å². The third-order valence-electron chi connectivity index (χ3n) is 3.26. The van der Waals surface area contributed by atoms with Crippen LogP contribution in [-0.2, 0) is 0 Å². The number of nitrogens with one attached hydrogen (secondary N) is 1. The smallest absolute Gasteiger partial charge is 0.0104 e. The Bertz CT molecular complexity index is 188. The standard InChI is InChI=1S/C13H23N/c1-4-6-7-13(14-10-5-2)11(3)12-8-9-12/h1,11-14H,5-10H2,2-3H3. The minimum Gasteiger partial charge on any atom is -0.314 e. The Labute approximate surface area is 88.7 Å². The first-order valence-corrected chi connectivity index (χ1v) is 5.96. The highest BCUT2D eigenvalue weighted by atomic mass is 14.9. The van der Waals surface area contributed by atoms with Crippen LogP contribution in [0.2, 0.25) is 0 Å². The molecule has 0 amide bonds. The van der Waals surface area contributed by atoms with Crippen molar-refractivity contribution in [3.05, 3.63) is 0 Å². The summed E-state index contributed by atoms with van der Waals surface area (Å²) in [5.41, 5.74) is 0. The summed E-state index contributed by atoms with van der Waals surface area (Å²) >= 11 is 0. The van der Waals surface area contributed by atoms with Crippen LogP contribution in [0.25, 0.3) is 0 Å². The molecule has 0 saturated heterocycles. The quantitative estimate of drug-likeness (QED) is 0.613. The third-order valence-corrected chi connectivity index (χ3v) is 3.26. The van der Waals surface area contributed by atoms with Gasteiger partial charge in [0.1, 0.15) is 0 Å². The van der Waals surface area contributed by atoms with Gasteiger partial charge in [0.05, 0.1) is 0 Å². The van der Waals surface area contributed by atoms with E-state index in [4.69, 9.17) is 6.42 Å². The van der Waals surface area contributed by atoms with Gasteiger partial charge in [-0.3, -0.25) is 0 Å². The summed E-state index contributed by atoms with van der Waals surface area (Å²) in [7, 11) is 0. The Morgan fingerprint density at radius 2 is 2.21 bits per heavy atom. The lowest BCUT2D eigenvalue weighted by Gasteiger charge is -2.24. The van der Waals surface area contributed by atoms with Gasteiger partial charge in [0.2, 0.25) is 0 Å². The molecule has 0 spiro atoms. The molecule has 2 atom stereocenters. The second-order valence-corrected chi connectivity index (χ2v) is 4.50. The zero-order valence-corrected chi connectivity index (χ0v) is 9.55. The molecule has 0 heterocycles. The zero-order valence-electron chi connectivity index (χ0n) is 9.55. The summed E-state index contributed by atoms with van der Waals surface area (Å²) in [5, 5.41) is 3.63. The van der Waals surface area contributed by atoms with Gasteiger partial charge >= 0.3 is 0 Å². The highest BCUT2D eigenvalue weighted by molar-refractivity contribution is 4.91. The summed E-state index contributed by atoms with van der Waals surface area (Å²) in [6, 6.07) is 0.651. The fourth-order valence-electron chi connectivity index (χ4n) is 2.07. The number of terminal acetylenes is 1. The molecule has 1 aliphatic carbocycles. The maximum absolute atomic E-state index is 5.32. The molecule has 0 aromatic carbocycles. The number of hydrogen-bond donors (Lipinski definition) is 1. The SMILES string of the molecule is C#CCCC(NCCC)C(C)C1CC1. The van der Waals surface area contributed by atoms with Gasteiger partial charge in [-0.1, -0.05) is 13.8 Å². The van der Waals surface area contributed by atoms with Gasteiger partial charge in [-0.25, -0.2) is 0 Å². The predicted octanol–water partition coefficient (Wildman–Crippen LogP) is 2.81. The van der Waals surface area contributed by atoms with Crippen LogP contribution in [0.4, 0.5) is 0 Å². The van der Waals surface area contributed by atoms with Gasteiger partial charge in [0.25, 0.3) is 0 Å². The van der Waals surface area contributed by atoms with Gasteiger partial charge in [-0.2, -0.15) is 0 Å². The van der Waals surface area contributed by atoms with Crippen molar-refractivity contribution in [3.63, 3.8) is 0 Å². The molecule has 1 nitrogen and oxygen atoms in total. The van der Waals surface area contributed by atoms with Crippen LogP contribution < -0.4 is 5.32 Å². The molecule has 0 aliphatic heterocycles. The number of hydrogen-bond acceptors (Lipinski definition) is 1. The third kappa shape index (κ3) is 3.72. The van der Waals surface area contributed by atoms with E-state index in [0.717, 1.165) is 31.2 Å².